The van der Waals surface area contributed by atoms with Crippen LogP contribution in [0.25, 0.3) is 6.08 Å². The van der Waals surface area contributed by atoms with Gasteiger partial charge in [-0.3, -0.25) is 0 Å². The highest BCUT2D eigenvalue weighted by Crippen LogP contribution is 2.25. The number of aromatic nitrogens is 2. The molecule has 2 rings (SSSR count). The summed E-state index contributed by atoms with van der Waals surface area (Å²) in [5.74, 6) is 0. The van der Waals surface area contributed by atoms with Crippen LogP contribution in [0.4, 0.5) is 0 Å². The molecule has 5 nitrogen and oxygen atoms in total. The van der Waals surface area contributed by atoms with Crippen molar-refractivity contribution in [2.75, 3.05) is 20.2 Å². The van der Waals surface area contributed by atoms with E-state index in [2.05, 4.69) is 35.1 Å². The Balaban J connectivity index is 1.97. The average molecular weight is 316 g/mol. The van der Waals surface area contributed by atoms with Crippen molar-refractivity contribution >= 4 is 12.4 Å². The number of allylic oxidation sites excluding steroid dienone is 1. The summed E-state index contributed by atoms with van der Waals surface area (Å²) in [5.41, 5.74) is 3.16. The maximum absolute atomic E-state index is 5.83. The predicted octanol–water partition coefficient (Wildman–Crippen LogP) is 3.65. The van der Waals surface area contributed by atoms with Gasteiger partial charge < -0.3 is 9.64 Å². The lowest BCUT2D eigenvalue weighted by Crippen LogP contribution is -2.21. The molecule has 0 bridgehead atoms. The Bertz CT molecular complexity index is 555. The highest BCUT2D eigenvalue weighted by molar-refractivity contribution is 5.56. The molecule has 2 heterocycles. The van der Waals surface area contributed by atoms with Crippen LogP contribution in [0.2, 0.25) is 0 Å². The zero-order chi connectivity index (χ0) is 16.7. The molecule has 126 valence electrons. The van der Waals surface area contributed by atoms with Gasteiger partial charge in [-0.1, -0.05) is 20.1 Å². The van der Waals surface area contributed by atoms with E-state index in [9.17, 15) is 0 Å². The third-order valence-electron chi connectivity index (χ3n) is 4.11. The second-order valence-electron chi connectivity index (χ2n) is 5.92. The van der Waals surface area contributed by atoms with Gasteiger partial charge in [-0.15, -0.1) is 0 Å². The summed E-state index contributed by atoms with van der Waals surface area (Å²) >= 11 is 0. The first-order valence-electron chi connectivity index (χ1n) is 8.38. The van der Waals surface area contributed by atoms with E-state index in [0.717, 1.165) is 50.2 Å². The molecule has 0 aliphatic carbocycles. The first kappa shape index (κ1) is 17.5. The van der Waals surface area contributed by atoms with E-state index in [1.807, 2.05) is 30.3 Å². The van der Waals surface area contributed by atoms with Crippen LogP contribution in [0, 0.1) is 0 Å². The highest BCUT2D eigenvalue weighted by atomic mass is 16.5. The van der Waals surface area contributed by atoms with E-state index in [0.29, 0.717) is 0 Å². The van der Waals surface area contributed by atoms with E-state index in [4.69, 9.17) is 4.74 Å². The summed E-state index contributed by atoms with van der Waals surface area (Å²) in [6.45, 7) is 11.6. The van der Waals surface area contributed by atoms with E-state index in [1.165, 1.54) is 12.0 Å². The largest absolute Gasteiger partial charge is 0.365 e. The minimum Gasteiger partial charge on any atom is -0.365 e. The fourth-order valence-electron chi connectivity index (χ4n) is 2.60. The number of ether oxygens (including phenoxy) is 1. The molecule has 1 saturated heterocycles. The predicted molar refractivity (Wildman–Crippen MR) is 95.4 cm³/mol. The minimum atomic E-state index is 0.0534. The molecule has 23 heavy (non-hydrogen) atoms. The third-order valence-corrected chi connectivity index (χ3v) is 4.11. The van der Waals surface area contributed by atoms with Gasteiger partial charge in [0.25, 0.3) is 0 Å². The van der Waals surface area contributed by atoms with Crippen LogP contribution in [-0.4, -0.2) is 41.2 Å². The van der Waals surface area contributed by atoms with E-state index >= 15 is 0 Å². The average Bonchev–Trinajstić information content (AvgIpc) is 3.01. The van der Waals surface area contributed by atoms with Crippen molar-refractivity contribution < 1.29 is 4.74 Å². The number of rotatable bonds is 8. The van der Waals surface area contributed by atoms with Crippen LogP contribution in [0.5, 0.6) is 0 Å². The molecule has 1 aliphatic heterocycles. The quantitative estimate of drug-likeness (QED) is 0.543. The molecule has 1 aromatic heterocycles. The number of aliphatic imine (C=N–C) groups is 1. The maximum Gasteiger partial charge on any atom is 0.150 e. The summed E-state index contributed by atoms with van der Waals surface area (Å²) in [5, 5.41) is 4.53. The Hall–Kier alpha value is -1.88. The van der Waals surface area contributed by atoms with Crippen molar-refractivity contribution in [1.82, 2.24) is 14.7 Å². The Kier molecular flexibility index (Phi) is 6.59. The number of hydrogen-bond donors (Lipinski definition) is 0. The summed E-state index contributed by atoms with van der Waals surface area (Å²) in [6, 6.07) is 0. The van der Waals surface area contributed by atoms with Gasteiger partial charge in [-0.25, -0.2) is 9.67 Å². The van der Waals surface area contributed by atoms with Crippen LogP contribution >= 0.6 is 0 Å². The van der Waals surface area contributed by atoms with Crippen molar-refractivity contribution in [2.45, 2.75) is 45.3 Å². The molecule has 0 amide bonds. The van der Waals surface area contributed by atoms with E-state index in [1.54, 1.807) is 0 Å². The molecule has 5 heteroatoms. The normalized spacial score (nSPS) is 18.3. The number of hydrogen-bond acceptors (Lipinski definition) is 3. The SMILES string of the molecule is C=Cc1c(CCN(C)/C=N\C(=C)CC)cnn1C1CCCCO1. The van der Waals surface area contributed by atoms with Gasteiger partial charge in [-0.2, -0.15) is 5.10 Å². The monoisotopic (exact) mass is 316 g/mol. The van der Waals surface area contributed by atoms with Crippen LogP contribution in [0.3, 0.4) is 0 Å². The number of likely N-dealkylation sites (N-methyl/N-ethyl adjacent to an activating group) is 1. The Morgan fingerprint density at radius 3 is 3.04 bits per heavy atom. The first-order chi connectivity index (χ1) is 11.2. The van der Waals surface area contributed by atoms with Crippen LogP contribution in [-0.2, 0) is 11.2 Å². The van der Waals surface area contributed by atoms with Crippen LogP contribution in [0.1, 0.15) is 50.1 Å². The fourth-order valence-corrected chi connectivity index (χ4v) is 2.60. The van der Waals surface area contributed by atoms with Crippen molar-refractivity contribution in [2.24, 2.45) is 4.99 Å². The molecule has 0 saturated carbocycles. The molecule has 1 aliphatic rings. The van der Waals surface area contributed by atoms with E-state index in [-0.39, 0.29) is 6.23 Å². The Morgan fingerprint density at radius 2 is 2.39 bits per heavy atom. The molecule has 1 aromatic rings. The second kappa shape index (κ2) is 8.67. The molecule has 1 fully saturated rings. The zero-order valence-corrected chi connectivity index (χ0v) is 14.4. The number of nitrogens with zero attached hydrogens (tertiary/aromatic N) is 4. The van der Waals surface area contributed by atoms with Crippen LogP contribution < -0.4 is 0 Å². The second-order valence-corrected chi connectivity index (χ2v) is 5.92. The van der Waals surface area contributed by atoms with Crippen molar-refractivity contribution in [3.63, 3.8) is 0 Å². The Morgan fingerprint density at radius 1 is 1.57 bits per heavy atom. The van der Waals surface area contributed by atoms with Gasteiger partial charge in [0.2, 0.25) is 0 Å². The lowest BCUT2D eigenvalue weighted by atomic mass is 10.1. The molecular weight excluding hydrogens is 288 g/mol. The highest BCUT2D eigenvalue weighted by Gasteiger charge is 2.20. The standard InChI is InChI=1S/C18H28N4O/c1-5-15(3)19-14-21(4)11-10-16-13-20-22(17(16)6-2)18-9-7-8-12-23-18/h6,13-14,18H,2-3,5,7-12H2,1,4H3/b19-14-. The lowest BCUT2D eigenvalue weighted by molar-refractivity contribution is -0.0398. The summed E-state index contributed by atoms with van der Waals surface area (Å²) in [6.07, 6.45) is 10.8. The molecule has 0 spiro atoms. The summed E-state index contributed by atoms with van der Waals surface area (Å²) < 4.78 is 7.81. The van der Waals surface area contributed by atoms with Gasteiger partial charge in [0.1, 0.15) is 0 Å². The summed E-state index contributed by atoms with van der Waals surface area (Å²) in [7, 11) is 2.02. The molecular formula is C18H28N4O. The van der Waals surface area contributed by atoms with Crippen molar-refractivity contribution in [3.05, 3.63) is 36.3 Å². The molecule has 0 radical (unpaired) electrons. The van der Waals surface area contributed by atoms with Gasteiger partial charge >= 0.3 is 0 Å². The summed E-state index contributed by atoms with van der Waals surface area (Å²) in [4.78, 5) is 6.39. The zero-order valence-electron chi connectivity index (χ0n) is 14.4. The Labute approximate surface area is 139 Å². The third kappa shape index (κ3) is 4.79. The van der Waals surface area contributed by atoms with Gasteiger partial charge in [0, 0.05) is 25.9 Å². The topological polar surface area (TPSA) is 42.7 Å². The maximum atomic E-state index is 5.83. The fraction of sp³-hybridized carbons (Fsp3) is 0.556. The van der Waals surface area contributed by atoms with Gasteiger partial charge in [0.05, 0.1) is 18.2 Å². The van der Waals surface area contributed by atoms with Crippen LogP contribution in [0.15, 0.2) is 30.0 Å². The first-order valence-corrected chi connectivity index (χ1v) is 8.38. The van der Waals surface area contributed by atoms with E-state index < -0.39 is 0 Å². The smallest absolute Gasteiger partial charge is 0.150 e. The van der Waals surface area contributed by atoms with Gasteiger partial charge in [-0.05, 0) is 43.7 Å². The lowest BCUT2D eigenvalue weighted by Gasteiger charge is -2.24. The van der Waals surface area contributed by atoms with Gasteiger partial charge in [0.15, 0.2) is 6.23 Å². The molecule has 0 aromatic carbocycles. The molecule has 0 N–H and O–H groups in total. The molecule has 1 atom stereocenters. The van der Waals surface area contributed by atoms with Crippen molar-refractivity contribution in [3.8, 4) is 0 Å². The molecule has 1 unspecified atom stereocenters. The minimum absolute atomic E-state index is 0.0534. The van der Waals surface area contributed by atoms with Crippen molar-refractivity contribution in [1.29, 1.82) is 0 Å².